The average Bonchev–Trinajstić information content (AvgIpc) is 2.78. The van der Waals surface area contributed by atoms with Gasteiger partial charge in [0, 0.05) is 35.4 Å². The van der Waals surface area contributed by atoms with E-state index in [1.165, 1.54) is 12.4 Å². The molecule has 0 bridgehead atoms. The number of pyridine rings is 1. The van der Waals surface area contributed by atoms with Crippen LogP contribution in [0.5, 0.6) is 0 Å². The lowest BCUT2D eigenvalue weighted by Crippen LogP contribution is -2.19. The number of amides is 2. The fourth-order valence-electron chi connectivity index (χ4n) is 2.88. The Morgan fingerprint density at radius 2 is 1.33 bits per heavy atom. The molecule has 33 heavy (non-hydrogen) atoms. The second kappa shape index (κ2) is 9.69. The third-order valence-electron chi connectivity index (χ3n) is 4.43. The molecule has 2 amide bonds. The number of hydrogen-bond acceptors (Lipinski definition) is 6. The monoisotopic (exact) mass is 447 g/mol. The van der Waals surface area contributed by atoms with Gasteiger partial charge in [0.1, 0.15) is 23.8 Å². The number of rotatable bonds is 6. The molecule has 0 radical (unpaired) electrons. The predicted molar refractivity (Wildman–Crippen MR) is 123 cm³/mol. The molecule has 0 aliphatic rings. The summed E-state index contributed by atoms with van der Waals surface area (Å²) in [6.07, 6.45) is 3.14. The van der Waals surface area contributed by atoms with Crippen molar-refractivity contribution in [3.8, 4) is 0 Å². The first-order valence-corrected chi connectivity index (χ1v) is 9.86. The van der Waals surface area contributed by atoms with Crippen molar-refractivity contribution < 1.29 is 13.6 Å². The summed E-state index contributed by atoms with van der Waals surface area (Å²) in [7, 11) is 0. The van der Waals surface area contributed by atoms with Crippen molar-refractivity contribution in [2.75, 3.05) is 21.3 Å². The number of urea groups is 1. The molecule has 0 fully saturated rings. The van der Waals surface area contributed by atoms with Crippen LogP contribution in [0.25, 0.3) is 0 Å². The van der Waals surface area contributed by atoms with Crippen molar-refractivity contribution in [2.24, 2.45) is 0 Å². The second-order valence-electron chi connectivity index (χ2n) is 7.04. The van der Waals surface area contributed by atoms with E-state index in [4.69, 9.17) is 0 Å². The van der Waals surface area contributed by atoms with E-state index in [1.807, 2.05) is 19.1 Å². The van der Waals surface area contributed by atoms with Crippen molar-refractivity contribution in [1.82, 2.24) is 15.0 Å². The van der Waals surface area contributed by atoms with Gasteiger partial charge >= 0.3 is 6.03 Å². The molecule has 0 saturated carbocycles. The number of carbonyl (C=O) groups is 1. The Balaban J connectivity index is 1.35. The summed E-state index contributed by atoms with van der Waals surface area (Å²) in [6.45, 7) is 1.98. The molecule has 4 rings (SSSR count). The number of halogens is 2. The first kappa shape index (κ1) is 21.6. The zero-order valence-electron chi connectivity index (χ0n) is 17.4. The fourth-order valence-corrected chi connectivity index (χ4v) is 2.88. The molecule has 0 atom stereocenters. The maximum absolute atomic E-state index is 13.3. The molecular weight excluding hydrogens is 428 g/mol. The van der Waals surface area contributed by atoms with Crippen LogP contribution >= 0.6 is 0 Å². The third-order valence-corrected chi connectivity index (χ3v) is 4.43. The van der Waals surface area contributed by atoms with Gasteiger partial charge in [0.25, 0.3) is 0 Å². The summed E-state index contributed by atoms with van der Waals surface area (Å²) in [5, 5.41) is 11.3. The number of aromatic nitrogens is 3. The van der Waals surface area contributed by atoms with Gasteiger partial charge in [-0.15, -0.1) is 0 Å². The Hall–Kier alpha value is -4.60. The van der Waals surface area contributed by atoms with Crippen molar-refractivity contribution in [3.63, 3.8) is 0 Å². The maximum atomic E-state index is 13.3. The highest BCUT2D eigenvalue weighted by Gasteiger charge is 2.07. The minimum atomic E-state index is -1.04. The number of benzene rings is 2. The molecule has 2 aromatic heterocycles. The van der Waals surface area contributed by atoms with E-state index in [0.717, 1.165) is 23.4 Å². The van der Waals surface area contributed by atoms with Gasteiger partial charge in [-0.25, -0.2) is 28.5 Å². The number of anilines is 6. The van der Waals surface area contributed by atoms with Gasteiger partial charge in [-0.1, -0.05) is 0 Å². The van der Waals surface area contributed by atoms with E-state index < -0.39 is 17.7 Å². The number of hydrogen-bond donors (Lipinski definition) is 4. The third kappa shape index (κ3) is 5.97. The summed E-state index contributed by atoms with van der Waals surface area (Å²) >= 11 is 0. The van der Waals surface area contributed by atoms with Gasteiger partial charge in [0.2, 0.25) is 0 Å². The smallest absolute Gasteiger partial charge is 0.323 e. The summed E-state index contributed by atoms with van der Waals surface area (Å²) in [5.74, 6) is -0.199. The van der Waals surface area contributed by atoms with E-state index in [1.54, 1.807) is 36.5 Å². The van der Waals surface area contributed by atoms with Gasteiger partial charge in [0.15, 0.2) is 11.6 Å². The molecule has 2 aromatic carbocycles. The number of aryl methyl sites for hydroxylation is 1. The van der Waals surface area contributed by atoms with E-state index >= 15 is 0 Å². The number of nitrogens with one attached hydrogen (secondary N) is 4. The lowest BCUT2D eigenvalue weighted by atomic mass is 10.2. The van der Waals surface area contributed by atoms with Crippen LogP contribution in [-0.2, 0) is 0 Å². The zero-order valence-corrected chi connectivity index (χ0v) is 17.4. The highest BCUT2D eigenvalue weighted by molar-refractivity contribution is 5.99. The van der Waals surface area contributed by atoms with Crippen LogP contribution in [0.4, 0.5) is 48.1 Å². The van der Waals surface area contributed by atoms with Crippen molar-refractivity contribution in [2.45, 2.75) is 6.92 Å². The molecule has 4 N–H and O–H groups in total. The van der Waals surface area contributed by atoms with Gasteiger partial charge in [0.05, 0.1) is 0 Å². The first-order valence-electron chi connectivity index (χ1n) is 9.86. The highest BCUT2D eigenvalue weighted by Crippen LogP contribution is 2.21. The minimum Gasteiger partial charge on any atom is -0.340 e. The molecule has 10 heteroatoms. The summed E-state index contributed by atoms with van der Waals surface area (Å²) < 4.78 is 26.2. The lowest BCUT2D eigenvalue weighted by molar-refractivity contribution is 0.262. The van der Waals surface area contributed by atoms with Crippen LogP contribution in [0, 0.1) is 18.6 Å². The Kier molecular flexibility index (Phi) is 6.35. The van der Waals surface area contributed by atoms with Gasteiger partial charge in [-0.3, -0.25) is 0 Å². The highest BCUT2D eigenvalue weighted by atomic mass is 19.2. The van der Waals surface area contributed by atoms with Gasteiger partial charge in [-0.2, -0.15) is 0 Å². The molecule has 8 nitrogen and oxygen atoms in total. The average molecular weight is 447 g/mol. The van der Waals surface area contributed by atoms with Gasteiger partial charge in [-0.05, 0) is 61.0 Å². The Labute approximate surface area is 188 Å². The quantitative estimate of drug-likeness (QED) is 0.307. The van der Waals surface area contributed by atoms with Crippen molar-refractivity contribution in [1.29, 1.82) is 0 Å². The van der Waals surface area contributed by atoms with E-state index in [-0.39, 0.29) is 5.69 Å². The molecule has 166 valence electrons. The van der Waals surface area contributed by atoms with Crippen LogP contribution < -0.4 is 21.3 Å². The molecule has 2 heterocycles. The lowest BCUT2D eigenvalue weighted by Gasteiger charge is -2.10. The van der Waals surface area contributed by atoms with Crippen molar-refractivity contribution in [3.05, 3.63) is 90.4 Å². The molecule has 0 unspecified atom stereocenters. The second-order valence-corrected chi connectivity index (χ2v) is 7.04. The first-order chi connectivity index (χ1) is 15.9. The molecule has 0 aliphatic carbocycles. The largest absolute Gasteiger partial charge is 0.340 e. The minimum absolute atomic E-state index is 0.138. The summed E-state index contributed by atoms with van der Waals surface area (Å²) in [5.41, 5.74) is 2.46. The summed E-state index contributed by atoms with van der Waals surface area (Å²) in [6, 6.07) is 15.0. The van der Waals surface area contributed by atoms with E-state index in [9.17, 15) is 13.6 Å². The molecule has 0 saturated heterocycles. The normalized spacial score (nSPS) is 10.4. The molecule has 4 aromatic rings. The Morgan fingerprint density at radius 1 is 0.697 bits per heavy atom. The summed E-state index contributed by atoms with van der Waals surface area (Å²) in [4.78, 5) is 24.7. The molecular formula is C23H19F2N7O. The van der Waals surface area contributed by atoms with Gasteiger partial charge < -0.3 is 21.3 Å². The van der Waals surface area contributed by atoms with E-state index in [0.29, 0.717) is 23.1 Å². The van der Waals surface area contributed by atoms with Crippen LogP contribution in [0.1, 0.15) is 5.56 Å². The Morgan fingerprint density at radius 3 is 2.06 bits per heavy atom. The topological polar surface area (TPSA) is 104 Å². The van der Waals surface area contributed by atoms with Crippen LogP contribution in [0.15, 0.2) is 73.2 Å². The van der Waals surface area contributed by atoms with E-state index in [2.05, 4.69) is 36.2 Å². The zero-order chi connectivity index (χ0) is 23.2. The number of carbonyl (C=O) groups excluding carboxylic acids is 1. The number of nitrogens with zero attached hydrogens (tertiary/aromatic N) is 3. The molecule has 0 spiro atoms. The maximum Gasteiger partial charge on any atom is 0.323 e. The standard InChI is InChI=1S/C23H19F2N7O/c1-14-8-9-26-20(10-14)32-22-12-21(27-13-28-22)29-15-2-4-16(5-3-15)30-23(33)31-17-6-7-18(24)19(25)11-17/h2-13H,1H3,(H2,30,31,33)(H2,26,27,28,29,32). The van der Waals surface area contributed by atoms with Crippen LogP contribution in [0.2, 0.25) is 0 Å². The Bertz CT molecular complexity index is 1280. The predicted octanol–water partition coefficient (Wildman–Crippen LogP) is 5.59. The van der Waals surface area contributed by atoms with Crippen molar-refractivity contribution >= 4 is 40.5 Å². The SMILES string of the molecule is Cc1ccnc(Nc2cc(Nc3ccc(NC(=O)Nc4ccc(F)c(F)c4)cc3)ncn2)c1. The fraction of sp³-hybridized carbons (Fsp3) is 0.0435. The van der Waals surface area contributed by atoms with Crippen LogP contribution in [-0.4, -0.2) is 21.0 Å². The van der Waals surface area contributed by atoms with Crippen LogP contribution in [0.3, 0.4) is 0 Å². The molecule has 0 aliphatic heterocycles.